The fraction of sp³-hybridized carbons (Fsp3) is 0.0833. The van der Waals surface area contributed by atoms with Crippen LogP contribution in [-0.2, 0) is 4.74 Å². The third-order valence-corrected chi connectivity index (χ3v) is 5.38. The van der Waals surface area contributed by atoms with Crippen LogP contribution in [0.4, 0.5) is 0 Å². The van der Waals surface area contributed by atoms with Crippen LogP contribution in [0.1, 0.15) is 5.56 Å². The number of aliphatic imine (C=N–C) groups is 1. The Labute approximate surface area is 167 Å². The van der Waals surface area contributed by atoms with Gasteiger partial charge in [0.2, 0.25) is 5.29 Å². The number of rotatable bonds is 2. The highest BCUT2D eigenvalue weighted by Gasteiger charge is 2.32. The molecule has 3 aromatic carbocycles. The van der Waals surface area contributed by atoms with Crippen molar-refractivity contribution in [1.29, 1.82) is 5.41 Å². The molecule has 0 bridgehead atoms. The van der Waals surface area contributed by atoms with Gasteiger partial charge in [0.15, 0.2) is 0 Å². The van der Waals surface area contributed by atoms with Crippen LogP contribution in [0.15, 0.2) is 95.7 Å². The maximum atomic E-state index is 7.72. The number of halogens is 1. The van der Waals surface area contributed by atoms with Crippen LogP contribution in [0.3, 0.4) is 0 Å². The zero-order valence-corrected chi connectivity index (χ0v) is 15.7. The Morgan fingerprint density at radius 3 is 2.61 bits per heavy atom. The van der Waals surface area contributed by atoms with E-state index in [2.05, 4.69) is 59.6 Å². The maximum Gasteiger partial charge on any atom is 0.215 e. The third kappa shape index (κ3) is 2.85. The molecular weight excluding hydrogens is 368 g/mol. The summed E-state index contributed by atoms with van der Waals surface area (Å²) in [6.45, 7) is 0. The van der Waals surface area contributed by atoms with Crippen molar-refractivity contribution in [1.82, 2.24) is 0 Å². The minimum absolute atomic E-state index is 0.0286. The number of hydrogen-bond donors (Lipinski definition) is 1. The van der Waals surface area contributed by atoms with Crippen molar-refractivity contribution in [2.24, 2.45) is 10.9 Å². The molecule has 3 aromatic rings. The molecule has 0 radical (unpaired) electrons. The summed E-state index contributed by atoms with van der Waals surface area (Å²) in [5.74, 6) is 0.0760. The molecule has 2 atom stereocenters. The summed E-state index contributed by atoms with van der Waals surface area (Å²) in [6.07, 6.45) is 9.85. The Balaban J connectivity index is 1.65. The first-order valence-electron chi connectivity index (χ1n) is 9.16. The number of amidine groups is 1. The maximum absolute atomic E-state index is 7.72. The topological polar surface area (TPSA) is 45.4 Å². The van der Waals surface area contributed by atoms with Gasteiger partial charge >= 0.3 is 0 Å². The Bertz CT molecular complexity index is 1240. The van der Waals surface area contributed by atoms with Gasteiger partial charge in [0.1, 0.15) is 6.10 Å². The van der Waals surface area contributed by atoms with Crippen molar-refractivity contribution in [3.8, 4) is 0 Å². The van der Waals surface area contributed by atoms with E-state index in [4.69, 9.17) is 21.7 Å². The number of hydrogen-bond acceptors (Lipinski definition) is 2. The molecule has 0 aromatic heterocycles. The highest BCUT2D eigenvalue weighted by atomic mass is 35.5. The zero-order chi connectivity index (χ0) is 19.1. The average Bonchev–Trinajstić information content (AvgIpc) is 3.15. The minimum atomic E-state index is -0.242. The molecule has 0 amide bonds. The van der Waals surface area contributed by atoms with Gasteiger partial charge in [0.25, 0.3) is 0 Å². The summed E-state index contributed by atoms with van der Waals surface area (Å²) in [5.41, 5.74) is 2.55. The number of allylic oxidation sites excluding steroid dienone is 2. The van der Waals surface area contributed by atoms with E-state index >= 15 is 0 Å². The van der Waals surface area contributed by atoms with Gasteiger partial charge < -0.3 is 4.74 Å². The molecule has 2 unspecified atom stereocenters. The van der Waals surface area contributed by atoms with E-state index in [1.807, 2.05) is 24.3 Å². The molecule has 1 N–H and O–H groups in total. The molecule has 1 heterocycles. The largest absolute Gasteiger partial charge is 0.493 e. The van der Waals surface area contributed by atoms with E-state index < -0.39 is 0 Å². The highest BCUT2D eigenvalue weighted by Crippen LogP contribution is 2.34. The van der Waals surface area contributed by atoms with Crippen LogP contribution in [0.25, 0.3) is 21.5 Å². The lowest BCUT2D eigenvalue weighted by molar-refractivity contribution is 0.192. The lowest BCUT2D eigenvalue weighted by Gasteiger charge is -2.18. The molecule has 5 rings (SSSR count). The van der Waals surface area contributed by atoms with Gasteiger partial charge in [0.05, 0.1) is 12.0 Å². The Morgan fingerprint density at radius 1 is 0.929 bits per heavy atom. The van der Waals surface area contributed by atoms with Crippen LogP contribution < -0.4 is 0 Å². The molecule has 4 heteroatoms. The number of nitrogens with one attached hydrogen (secondary N) is 1. The molecule has 0 saturated carbocycles. The second-order valence-electron chi connectivity index (χ2n) is 6.94. The van der Waals surface area contributed by atoms with Crippen molar-refractivity contribution in [3.05, 3.63) is 96.3 Å². The van der Waals surface area contributed by atoms with Gasteiger partial charge in [0, 0.05) is 17.1 Å². The molecule has 0 fully saturated rings. The fourth-order valence-corrected chi connectivity index (χ4v) is 4.08. The van der Waals surface area contributed by atoms with Gasteiger partial charge in [-0.05, 0) is 45.3 Å². The quantitative estimate of drug-likeness (QED) is 0.251. The van der Waals surface area contributed by atoms with Gasteiger partial charge in [-0.1, -0.05) is 66.8 Å². The van der Waals surface area contributed by atoms with Crippen LogP contribution in [0.5, 0.6) is 0 Å². The molecule has 2 aliphatic rings. The summed E-state index contributed by atoms with van der Waals surface area (Å²) in [6, 6.07) is 18.9. The molecule has 1 aliphatic carbocycles. The number of ether oxygens (including phenoxy) is 1. The molecule has 0 spiro atoms. The van der Waals surface area contributed by atoms with Crippen molar-refractivity contribution >= 4 is 44.2 Å². The molecule has 28 heavy (non-hydrogen) atoms. The van der Waals surface area contributed by atoms with E-state index in [-0.39, 0.29) is 17.3 Å². The monoisotopic (exact) mass is 384 g/mol. The Kier molecular flexibility index (Phi) is 4.10. The molecule has 1 aliphatic heterocycles. The van der Waals surface area contributed by atoms with Crippen molar-refractivity contribution in [2.45, 2.75) is 6.10 Å². The van der Waals surface area contributed by atoms with Gasteiger partial charge in [-0.2, -0.15) is 0 Å². The Morgan fingerprint density at radius 2 is 1.71 bits per heavy atom. The fourth-order valence-electron chi connectivity index (χ4n) is 4.00. The van der Waals surface area contributed by atoms with E-state index in [0.29, 0.717) is 5.71 Å². The SMILES string of the molecule is N=C(Cl)N=C(C1=COC2C=CC=CC12)c1ccc2c(ccc3ccccc32)c1. The first-order valence-corrected chi connectivity index (χ1v) is 9.54. The van der Waals surface area contributed by atoms with Gasteiger partial charge in [-0.25, -0.2) is 4.99 Å². The van der Waals surface area contributed by atoms with Crippen LogP contribution in [0, 0.1) is 11.3 Å². The summed E-state index contributed by atoms with van der Waals surface area (Å²) < 4.78 is 5.80. The lowest BCUT2D eigenvalue weighted by Crippen LogP contribution is -2.20. The summed E-state index contributed by atoms with van der Waals surface area (Å²) in [7, 11) is 0. The van der Waals surface area contributed by atoms with Crippen molar-refractivity contribution in [2.75, 3.05) is 0 Å². The zero-order valence-electron chi connectivity index (χ0n) is 15.0. The average molecular weight is 385 g/mol. The normalized spacial score (nSPS) is 20.9. The van der Waals surface area contributed by atoms with E-state index in [0.717, 1.165) is 16.5 Å². The van der Waals surface area contributed by atoms with Crippen LogP contribution in [-0.4, -0.2) is 17.1 Å². The van der Waals surface area contributed by atoms with Crippen molar-refractivity contribution in [3.63, 3.8) is 0 Å². The first kappa shape index (κ1) is 17.0. The smallest absolute Gasteiger partial charge is 0.215 e. The predicted octanol–water partition coefficient (Wildman–Crippen LogP) is 5.98. The number of nitrogens with zero attached hydrogens (tertiary/aromatic N) is 1. The van der Waals surface area contributed by atoms with E-state index in [1.54, 1.807) is 6.26 Å². The molecule has 3 nitrogen and oxygen atoms in total. The standard InChI is InChI=1S/C24H17ClN2O/c25-24(26)27-23(21-14-28-22-8-4-3-7-20(21)22)17-11-12-19-16(13-17)10-9-15-5-1-2-6-18(15)19/h1-14,20,22,26H. The van der Waals surface area contributed by atoms with Crippen molar-refractivity contribution < 1.29 is 4.74 Å². The lowest BCUT2D eigenvalue weighted by atomic mass is 9.86. The Hall–Kier alpha value is -3.17. The van der Waals surface area contributed by atoms with Crippen LogP contribution in [0.2, 0.25) is 0 Å². The molecule has 136 valence electrons. The molecular formula is C24H17ClN2O. The third-order valence-electron chi connectivity index (χ3n) is 5.30. The molecule has 0 saturated heterocycles. The second kappa shape index (κ2) is 6.77. The minimum Gasteiger partial charge on any atom is -0.493 e. The summed E-state index contributed by atoms with van der Waals surface area (Å²) in [4.78, 5) is 4.35. The second-order valence-corrected chi connectivity index (χ2v) is 7.30. The van der Waals surface area contributed by atoms with E-state index in [9.17, 15) is 0 Å². The summed E-state index contributed by atoms with van der Waals surface area (Å²) in [5, 5.41) is 12.2. The summed E-state index contributed by atoms with van der Waals surface area (Å²) >= 11 is 5.87. The van der Waals surface area contributed by atoms with Crippen LogP contribution >= 0.6 is 11.6 Å². The first-order chi connectivity index (χ1) is 13.7. The highest BCUT2D eigenvalue weighted by molar-refractivity contribution is 6.65. The predicted molar refractivity (Wildman–Crippen MR) is 116 cm³/mol. The number of fused-ring (bicyclic) bond motifs is 4. The number of benzene rings is 3. The van der Waals surface area contributed by atoms with Gasteiger partial charge in [-0.15, -0.1) is 0 Å². The van der Waals surface area contributed by atoms with Gasteiger partial charge in [-0.3, -0.25) is 5.41 Å². The van der Waals surface area contributed by atoms with E-state index in [1.165, 1.54) is 16.2 Å².